The van der Waals surface area contributed by atoms with Crippen LogP contribution in [0.4, 0.5) is 0 Å². The Hall–Kier alpha value is -2.53. The number of nitrogens with zero attached hydrogens (tertiary/aromatic N) is 1. The zero-order valence-electron chi connectivity index (χ0n) is 17.0. The SMILES string of the molecule is O=C(CCC1CCN(C(=O)C2Cc3ccccc3O2)CC1)NCc1cccc(Cl)c1. The van der Waals surface area contributed by atoms with E-state index in [-0.39, 0.29) is 11.8 Å². The van der Waals surface area contributed by atoms with Crippen molar-refractivity contribution < 1.29 is 14.3 Å². The molecule has 1 fully saturated rings. The Bertz CT molecular complexity index is 884. The van der Waals surface area contributed by atoms with Gasteiger partial charge in [-0.05, 0) is 54.5 Å². The Labute approximate surface area is 182 Å². The maximum Gasteiger partial charge on any atom is 0.263 e. The zero-order chi connectivity index (χ0) is 20.9. The van der Waals surface area contributed by atoms with Crippen LogP contribution in [0.15, 0.2) is 48.5 Å². The molecule has 0 saturated carbocycles. The van der Waals surface area contributed by atoms with Crippen LogP contribution in [0, 0.1) is 5.92 Å². The Morgan fingerprint density at radius 3 is 2.67 bits per heavy atom. The lowest BCUT2D eigenvalue weighted by Gasteiger charge is -2.33. The third-order valence-electron chi connectivity index (χ3n) is 6.01. The smallest absolute Gasteiger partial charge is 0.263 e. The number of halogens is 1. The van der Waals surface area contributed by atoms with Gasteiger partial charge in [0, 0.05) is 37.5 Å². The monoisotopic (exact) mass is 426 g/mol. The fraction of sp³-hybridized carbons (Fsp3) is 0.417. The van der Waals surface area contributed by atoms with Gasteiger partial charge < -0.3 is 15.0 Å². The number of carbonyl (C=O) groups excluding carboxylic acids is 2. The lowest BCUT2D eigenvalue weighted by atomic mass is 9.91. The molecule has 0 aromatic heterocycles. The molecule has 0 aliphatic carbocycles. The average Bonchev–Trinajstić information content (AvgIpc) is 3.20. The van der Waals surface area contributed by atoms with Crippen molar-refractivity contribution in [3.63, 3.8) is 0 Å². The summed E-state index contributed by atoms with van der Waals surface area (Å²) in [7, 11) is 0. The molecule has 0 spiro atoms. The summed E-state index contributed by atoms with van der Waals surface area (Å²) >= 11 is 5.97. The highest BCUT2D eigenvalue weighted by Crippen LogP contribution is 2.30. The maximum atomic E-state index is 12.8. The van der Waals surface area contributed by atoms with Gasteiger partial charge in [0.15, 0.2) is 6.10 Å². The van der Waals surface area contributed by atoms with Crippen LogP contribution < -0.4 is 10.1 Å². The van der Waals surface area contributed by atoms with E-state index in [2.05, 4.69) is 5.32 Å². The maximum absolute atomic E-state index is 12.8. The number of rotatable bonds is 6. The number of ether oxygens (including phenoxy) is 1. The van der Waals surface area contributed by atoms with E-state index in [1.54, 1.807) is 0 Å². The summed E-state index contributed by atoms with van der Waals surface area (Å²) in [6.07, 6.45) is 3.51. The summed E-state index contributed by atoms with van der Waals surface area (Å²) in [4.78, 5) is 26.9. The molecule has 30 heavy (non-hydrogen) atoms. The van der Waals surface area contributed by atoms with Crippen LogP contribution in [0.1, 0.15) is 36.8 Å². The number of likely N-dealkylation sites (tertiary alicyclic amines) is 1. The molecule has 2 heterocycles. The lowest BCUT2D eigenvalue weighted by Crippen LogP contribution is -2.45. The Balaban J connectivity index is 1.16. The van der Waals surface area contributed by atoms with Gasteiger partial charge in [-0.1, -0.05) is 41.9 Å². The van der Waals surface area contributed by atoms with Crippen molar-refractivity contribution in [2.24, 2.45) is 5.92 Å². The van der Waals surface area contributed by atoms with Crippen LogP contribution in [-0.2, 0) is 22.6 Å². The number of carbonyl (C=O) groups is 2. The minimum absolute atomic E-state index is 0.0607. The Kier molecular flexibility index (Phi) is 6.58. The van der Waals surface area contributed by atoms with Gasteiger partial charge in [-0.25, -0.2) is 0 Å². The lowest BCUT2D eigenvalue weighted by molar-refractivity contribution is -0.139. The molecule has 1 saturated heterocycles. The molecule has 158 valence electrons. The second kappa shape index (κ2) is 9.52. The van der Waals surface area contributed by atoms with Crippen molar-refractivity contribution in [1.29, 1.82) is 0 Å². The first-order valence-corrected chi connectivity index (χ1v) is 11.0. The molecule has 4 rings (SSSR count). The van der Waals surface area contributed by atoms with E-state index in [9.17, 15) is 9.59 Å². The van der Waals surface area contributed by atoms with E-state index in [0.717, 1.165) is 49.2 Å². The van der Waals surface area contributed by atoms with Crippen LogP contribution in [0.3, 0.4) is 0 Å². The van der Waals surface area contributed by atoms with Crippen molar-refractivity contribution in [2.45, 2.75) is 44.8 Å². The highest BCUT2D eigenvalue weighted by molar-refractivity contribution is 6.30. The van der Waals surface area contributed by atoms with E-state index >= 15 is 0 Å². The number of para-hydroxylation sites is 1. The van der Waals surface area contributed by atoms with Crippen LogP contribution in [0.25, 0.3) is 0 Å². The molecular formula is C24H27ClN2O3. The van der Waals surface area contributed by atoms with Crippen LogP contribution in [-0.4, -0.2) is 35.9 Å². The molecule has 5 nitrogen and oxygen atoms in total. The fourth-order valence-corrected chi connectivity index (χ4v) is 4.45. The molecule has 0 bridgehead atoms. The summed E-state index contributed by atoms with van der Waals surface area (Å²) in [5.74, 6) is 1.46. The van der Waals surface area contributed by atoms with Gasteiger partial charge in [0.1, 0.15) is 5.75 Å². The van der Waals surface area contributed by atoms with E-state index < -0.39 is 6.10 Å². The predicted octanol–water partition coefficient (Wildman–Crippen LogP) is 3.98. The zero-order valence-corrected chi connectivity index (χ0v) is 17.7. The largest absolute Gasteiger partial charge is 0.480 e. The first kappa shape index (κ1) is 20.7. The number of piperidine rings is 1. The molecule has 2 amide bonds. The molecule has 1 atom stereocenters. The van der Waals surface area contributed by atoms with Crippen LogP contribution >= 0.6 is 11.6 Å². The minimum Gasteiger partial charge on any atom is -0.480 e. The molecule has 2 aliphatic heterocycles. The normalized spacial score (nSPS) is 18.6. The van der Waals surface area contributed by atoms with E-state index in [0.29, 0.717) is 30.3 Å². The third-order valence-corrected chi connectivity index (χ3v) is 6.24. The quantitative estimate of drug-likeness (QED) is 0.760. The van der Waals surface area contributed by atoms with E-state index in [1.807, 2.05) is 53.4 Å². The summed E-state index contributed by atoms with van der Waals surface area (Å²) in [6.45, 7) is 1.98. The first-order valence-electron chi connectivity index (χ1n) is 10.6. The topological polar surface area (TPSA) is 58.6 Å². The average molecular weight is 427 g/mol. The van der Waals surface area contributed by atoms with Crippen molar-refractivity contribution in [1.82, 2.24) is 10.2 Å². The standard InChI is InChI=1S/C24H27ClN2O3/c25-20-6-3-4-18(14-20)16-26-23(28)9-8-17-10-12-27(13-11-17)24(29)22-15-19-5-1-2-7-21(19)30-22/h1-7,14,17,22H,8-13,15-16H2,(H,26,28). The number of benzene rings is 2. The van der Waals surface area contributed by atoms with Gasteiger partial charge in [-0.2, -0.15) is 0 Å². The number of amides is 2. The highest BCUT2D eigenvalue weighted by Gasteiger charge is 2.33. The van der Waals surface area contributed by atoms with Crippen molar-refractivity contribution in [3.05, 3.63) is 64.7 Å². The number of hydrogen-bond acceptors (Lipinski definition) is 3. The molecule has 1 unspecified atom stereocenters. The number of hydrogen-bond donors (Lipinski definition) is 1. The summed E-state index contributed by atoms with van der Waals surface area (Å²) < 4.78 is 5.85. The predicted molar refractivity (Wildman–Crippen MR) is 116 cm³/mol. The molecule has 0 radical (unpaired) electrons. The van der Waals surface area contributed by atoms with Gasteiger partial charge in [-0.15, -0.1) is 0 Å². The van der Waals surface area contributed by atoms with Gasteiger partial charge in [0.25, 0.3) is 5.91 Å². The minimum atomic E-state index is -0.392. The Morgan fingerprint density at radius 1 is 1.10 bits per heavy atom. The summed E-state index contributed by atoms with van der Waals surface area (Å²) in [5.41, 5.74) is 2.11. The van der Waals surface area contributed by atoms with Gasteiger partial charge in [0.2, 0.25) is 5.91 Å². The summed E-state index contributed by atoms with van der Waals surface area (Å²) in [5, 5.41) is 3.64. The van der Waals surface area contributed by atoms with Gasteiger partial charge >= 0.3 is 0 Å². The second-order valence-corrected chi connectivity index (χ2v) is 8.57. The number of nitrogens with one attached hydrogen (secondary N) is 1. The van der Waals surface area contributed by atoms with E-state index in [4.69, 9.17) is 16.3 Å². The van der Waals surface area contributed by atoms with Crippen LogP contribution in [0.5, 0.6) is 5.75 Å². The van der Waals surface area contributed by atoms with Gasteiger partial charge in [0.05, 0.1) is 0 Å². The van der Waals surface area contributed by atoms with Gasteiger partial charge in [-0.3, -0.25) is 9.59 Å². The Morgan fingerprint density at radius 2 is 1.90 bits per heavy atom. The molecule has 6 heteroatoms. The fourth-order valence-electron chi connectivity index (χ4n) is 4.24. The van der Waals surface area contributed by atoms with Crippen molar-refractivity contribution in [3.8, 4) is 5.75 Å². The molecule has 2 aromatic rings. The molecule has 2 aliphatic rings. The van der Waals surface area contributed by atoms with E-state index in [1.165, 1.54) is 0 Å². The summed E-state index contributed by atoms with van der Waals surface area (Å²) in [6, 6.07) is 15.4. The highest BCUT2D eigenvalue weighted by atomic mass is 35.5. The molecular weight excluding hydrogens is 400 g/mol. The first-order chi connectivity index (χ1) is 14.6. The van der Waals surface area contributed by atoms with Crippen molar-refractivity contribution >= 4 is 23.4 Å². The molecule has 2 aromatic carbocycles. The van der Waals surface area contributed by atoms with Crippen LogP contribution in [0.2, 0.25) is 5.02 Å². The second-order valence-electron chi connectivity index (χ2n) is 8.13. The number of fused-ring (bicyclic) bond motifs is 1. The third kappa shape index (κ3) is 5.14. The van der Waals surface area contributed by atoms with Crippen molar-refractivity contribution in [2.75, 3.05) is 13.1 Å². The molecule has 1 N–H and O–H groups in total.